The minimum Gasteiger partial charge on any atom is -0.515 e. The minimum absolute atomic E-state index is 0.697. The van der Waals surface area contributed by atoms with Gasteiger partial charge < -0.3 is 15.1 Å². The van der Waals surface area contributed by atoms with E-state index in [9.17, 15) is 10.2 Å². The van der Waals surface area contributed by atoms with Gasteiger partial charge in [0.15, 0.2) is 0 Å². The van der Waals surface area contributed by atoms with Crippen LogP contribution in [-0.4, -0.2) is 10.2 Å². The molecule has 0 aliphatic heterocycles. The van der Waals surface area contributed by atoms with Crippen LogP contribution in [0.4, 0.5) is 5.69 Å². The van der Waals surface area contributed by atoms with E-state index in [4.69, 9.17) is 0 Å². The summed E-state index contributed by atoms with van der Waals surface area (Å²) in [4.78, 5) is 2.21. The second-order valence-electron chi connectivity index (χ2n) is 6.34. The molecule has 0 amide bonds. The van der Waals surface area contributed by atoms with Crippen molar-refractivity contribution in [3.05, 3.63) is 101 Å². The maximum absolute atomic E-state index is 9.20. The van der Waals surface area contributed by atoms with Gasteiger partial charge in [-0.2, -0.15) is 0 Å². The molecule has 0 radical (unpaired) electrons. The van der Waals surface area contributed by atoms with Crippen LogP contribution in [0.3, 0.4) is 0 Å². The van der Waals surface area contributed by atoms with Crippen molar-refractivity contribution >= 4 is 5.69 Å². The van der Waals surface area contributed by atoms with E-state index in [0.29, 0.717) is 12.8 Å². The summed E-state index contributed by atoms with van der Waals surface area (Å²) in [7, 11) is 0. The Bertz CT molecular complexity index is 805. The molecule has 0 unspecified atom stereocenters. The van der Waals surface area contributed by atoms with Crippen molar-refractivity contribution in [1.29, 1.82) is 0 Å². The molecule has 0 heterocycles. The third-order valence-electron chi connectivity index (χ3n) is 4.63. The first-order valence-electron chi connectivity index (χ1n) is 8.42. The van der Waals surface area contributed by atoms with Crippen molar-refractivity contribution in [3.63, 3.8) is 0 Å². The zero-order valence-electron chi connectivity index (χ0n) is 14.6. The Labute approximate surface area is 148 Å². The number of rotatable bonds is 3. The normalized spacial score (nSPS) is 19.9. The van der Waals surface area contributed by atoms with Crippen LogP contribution in [0.2, 0.25) is 0 Å². The molecule has 0 spiro atoms. The monoisotopic (exact) mass is 333 g/mol. The number of aryl methyl sites for hydroxylation is 2. The largest absolute Gasteiger partial charge is 0.515 e. The van der Waals surface area contributed by atoms with Crippen molar-refractivity contribution < 1.29 is 10.2 Å². The Kier molecular flexibility index (Phi) is 4.94. The predicted octanol–water partition coefficient (Wildman–Crippen LogP) is 5.68. The number of allylic oxidation sites excluding steroid dienone is 8. The summed E-state index contributed by atoms with van der Waals surface area (Å²) in [6, 6.07) is 6.45. The van der Waals surface area contributed by atoms with Crippen LogP contribution in [0.25, 0.3) is 0 Å². The van der Waals surface area contributed by atoms with Crippen LogP contribution in [0.1, 0.15) is 24.0 Å². The van der Waals surface area contributed by atoms with Gasteiger partial charge in [0.2, 0.25) is 0 Å². The number of hydrogen-bond donors (Lipinski definition) is 2. The van der Waals surface area contributed by atoms with Gasteiger partial charge in [0.05, 0.1) is 12.5 Å². The lowest BCUT2D eigenvalue weighted by Gasteiger charge is -2.30. The average molecular weight is 333 g/mol. The van der Waals surface area contributed by atoms with E-state index in [-0.39, 0.29) is 0 Å². The number of aliphatic hydroxyl groups excluding tert-OH is 2. The molecule has 0 atom stereocenters. The summed E-state index contributed by atoms with van der Waals surface area (Å²) in [6.45, 7) is 4.23. The predicted molar refractivity (Wildman–Crippen MR) is 103 cm³/mol. The van der Waals surface area contributed by atoms with Crippen LogP contribution < -0.4 is 4.90 Å². The zero-order chi connectivity index (χ0) is 17.8. The van der Waals surface area contributed by atoms with Gasteiger partial charge in [-0.1, -0.05) is 30.4 Å². The topological polar surface area (TPSA) is 43.7 Å². The summed E-state index contributed by atoms with van der Waals surface area (Å²) in [6.07, 6.45) is 15.9. The highest BCUT2D eigenvalue weighted by Crippen LogP contribution is 2.32. The fourth-order valence-corrected chi connectivity index (χ4v) is 2.94. The molecule has 2 N–H and O–H groups in total. The summed E-state index contributed by atoms with van der Waals surface area (Å²) in [5.74, 6) is 0. The van der Waals surface area contributed by atoms with Crippen molar-refractivity contribution in [2.45, 2.75) is 26.7 Å². The number of nitrogens with zero attached hydrogens (tertiary/aromatic N) is 1. The number of hydrogen-bond acceptors (Lipinski definition) is 3. The fourth-order valence-electron chi connectivity index (χ4n) is 2.94. The summed E-state index contributed by atoms with van der Waals surface area (Å²) < 4.78 is 0. The Morgan fingerprint density at radius 1 is 0.800 bits per heavy atom. The lowest BCUT2D eigenvalue weighted by molar-refractivity contribution is 0.467. The van der Waals surface area contributed by atoms with Crippen molar-refractivity contribution in [3.8, 4) is 0 Å². The first-order valence-corrected chi connectivity index (χ1v) is 8.42. The van der Waals surface area contributed by atoms with E-state index in [1.165, 1.54) is 11.1 Å². The Morgan fingerprint density at radius 2 is 1.36 bits per heavy atom. The van der Waals surface area contributed by atoms with E-state index in [2.05, 4.69) is 49.1 Å². The first kappa shape index (κ1) is 16.9. The summed E-state index contributed by atoms with van der Waals surface area (Å²) in [5, 5.41) is 18.4. The lowest BCUT2D eigenvalue weighted by Crippen LogP contribution is -2.22. The Hall–Kier alpha value is -2.94. The van der Waals surface area contributed by atoms with Gasteiger partial charge in [-0.25, -0.2) is 0 Å². The molecule has 3 heteroatoms. The fraction of sp³-hybridized carbons (Fsp3) is 0.182. The standard InChI is InChI=1S/C22H23NO2/c1-16-3-8-22(13-17(16)2)23(20-9-4-18(14-24)5-10-20)21-11-6-19(15-25)7-12-21/h3-4,6,8-15,24-25H,5,7H2,1-2H3. The molecule has 3 nitrogen and oxygen atoms in total. The van der Waals surface area contributed by atoms with E-state index in [0.717, 1.165) is 40.8 Å². The van der Waals surface area contributed by atoms with Crippen molar-refractivity contribution in [2.24, 2.45) is 0 Å². The van der Waals surface area contributed by atoms with E-state index in [1.807, 2.05) is 24.3 Å². The molecule has 0 aromatic heterocycles. The minimum atomic E-state index is 0.697. The summed E-state index contributed by atoms with van der Waals surface area (Å²) >= 11 is 0. The Balaban J connectivity index is 2.02. The SMILES string of the molecule is Cc1ccc(N(C2=CCC(=CO)C=C2)C2=CCC(=CO)C=C2)cc1C. The Morgan fingerprint density at radius 3 is 1.76 bits per heavy atom. The van der Waals surface area contributed by atoms with Crippen LogP contribution in [-0.2, 0) is 0 Å². The molecule has 0 saturated carbocycles. The van der Waals surface area contributed by atoms with Crippen LogP contribution in [0, 0.1) is 13.8 Å². The molecule has 25 heavy (non-hydrogen) atoms. The highest BCUT2D eigenvalue weighted by Gasteiger charge is 2.18. The third kappa shape index (κ3) is 3.61. The highest BCUT2D eigenvalue weighted by molar-refractivity contribution is 5.66. The smallest absolute Gasteiger partial charge is 0.0826 e. The van der Waals surface area contributed by atoms with Crippen molar-refractivity contribution in [1.82, 2.24) is 0 Å². The van der Waals surface area contributed by atoms with Gasteiger partial charge in [-0.15, -0.1) is 0 Å². The summed E-state index contributed by atoms with van der Waals surface area (Å²) in [5.41, 5.74) is 7.53. The molecule has 1 aromatic carbocycles. The molecule has 1 aromatic rings. The lowest BCUT2D eigenvalue weighted by atomic mass is 10.0. The van der Waals surface area contributed by atoms with Gasteiger partial charge in [-0.05, 0) is 73.2 Å². The molecular weight excluding hydrogens is 310 g/mol. The average Bonchev–Trinajstić information content (AvgIpc) is 2.66. The third-order valence-corrected chi connectivity index (χ3v) is 4.63. The molecule has 128 valence electrons. The van der Waals surface area contributed by atoms with Crippen LogP contribution in [0.15, 0.2) is 89.7 Å². The number of aliphatic hydroxyl groups is 2. The van der Waals surface area contributed by atoms with Gasteiger partial charge in [0.25, 0.3) is 0 Å². The van der Waals surface area contributed by atoms with E-state index < -0.39 is 0 Å². The maximum Gasteiger partial charge on any atom is 0.0826 e. The van der Waals surface area contributed by atoms with Gasteiger partial charge in [0.1, 0.15) is 0 Å². The molecule has 0 fully saturated rings. The number of benzene rings is 1. The molecule has 2 aliphatic carbocycles. The zero-order valence-corrected chi connectivity index (χ0v) is 14.6. The molecule has 0 saturated heterocycles. The maximum atomic E-state index is 9.20. The molecular formula is C22H23NO2. The van der Waals surface area contributed by atoms with Gasteiger partial charge in [-0.3, -0.25) is 0 Å². The van der Waals surface area contributed by atoms with Gasteiger partial charge >= 0.3 is 0 Å². The van der Waals surface area contributed by atoms with Crippen molar-refractivity contribution in [2.75, 3.05) is 4.90 Å². The quantitative estimate of drug-likeness (QED) is 0.699. The molecule has 0 bridgehead atoms. The highest BCUT2D eigenvalue weighted by atomic mass is 16.2. The van der Waals surface area contributed by atoms with Gasteiger partial charge in [0, 0.05) is 17.1 Å². The molecule has 2 aliphatic rings. The van der Waals surface area contributed by atoms with Crippen LogP contribution >= 0.6 is 0 Å². The van der Waals surface area contributed by atoms with Crippen LogP contribution in [0.5, 0.6) is 0 Å². The first-order chi connectivity index (χ1) is 12.1. The second kappa shape index (κ2) is 7.31. The number of anilines is 1. The molecule has 3 rings (SSSR count). The van der Waals surface area contributed by atoms with E-state index in [1.54, 1.807) is 0 Å². The second-order valence-corrected chi connectivity index (χ2v) is 6.34. The van der Waals surface area contributed by atoms with E-state index >= 15 is 0 Å².